The van der Waals surface area contributed by atoms with E-state index in [1.54, 1.807) is 12.1 Å². The Morgan fingerprint density at radius 3 is 2.84 bits per heavy atom. The lowest BCUT2D eigenvalue weighted by Crippen LogP contribution is -2.30. The molecule has 0 unspecified atom stereocenters. The van der Waals surface area contributed by atoms with E-state index in [2.05, 4.69) is 10.4 Å². The molecule has 1 aliphatic carbocycles. The molecule has 1 fully saturated rings. The van der Waals surface area contributed by atoms with Gasteiger partial charge >= 0.3 is 0 Å². The van der Waals surface area contributed by atoms with Gasteiger partial charge in [0, 0.05) is 30.3 Å². The van der Waals surface area contributed by atoms with Crippen LogP contribution >= 0.6 is 0 Å². The van der Waals surface area contributed by atoms with Gasteiger partial charge in [-0.15, -0.1) is 0 Å². The second-order valence-corrected chi connectivity index (χ2v) is 6.81. The minimum Gasteiger partial charge on any atom is -0.381 e. The van der Waals surface area contributed by atoms with Crippen molar-refractivity contribution in [1.82, 2.24) is 15.1 Å². The molecule has 2 aromatic rings. The summed E-state index contributed by atoms with van der Waals surface area (Å²) in [5, 5.41) is 7.60. The van der Waals surface area contributed by atoms with E-state index >= 15 is 0 Å². The molecule has 1 saturated heterocycles. The van der Waals surface area contributed by atoms with Gasteiger partial charge in [-0.3, -0.25) is 4.79 Å². The monoisotopic (exact) mass is 343 g/mol. The number of carbonyl (C=O) groups is 1. The number of fused-ring (bicyclic) bond motifs is 1. The Labute approximate surface area is 146 Å². The van der Waals surface area contributed by atoms with Gasteiger partial charge in [0.05, 0.1) is 12.3 Å². The number of halogens is 1. The molecule has 1 atom stereocenters. The molecule has 1 aliphatic heterocycles. The van der Waals surface area contributed by atoms with Crippen LogP contribution in [0.25, 0.3) is 5.69 Å². The third-order valence-electron chi connectivity index (χ3n) is 5.04. The maximum atomic E-state index is 13.2. The molecule has 0 spiro atoms. The summed E-state index contributed by atoms with van der Waals surface area (Å²) in [7, 11) is 0. The average Bonchev–Trinajstić information content (AvgIpc) is 3.28. The number of hydrogen-bond donors (Lipinski definition) is 1. The van der Waals surface area contributed by atoms with Crippen LogP contribution in [0.5, 0.6) is 0 Å². The number of amides is 1. The number of benzene rings is 1. The smallest absolute Gasteiger partial charge is 0.272 e. The number of aromatic nitrogens is 2. The van der Waals surface area contributed by atoms with Gasteiger partial charge in [0.25, 0.3) is 5.91 Å². The predicted molar refractivity (Wildman–Crippen MR) is 91.4 cm³/mol. The molecule has 2 aliphatic rings. The number of nitrogens with zero attached hydrogens (tertiary/aromatic N) is 2. The Balaban J connectivity index is 1.61. The van der Waals surface area contributed by atoms with Crippen molar-refractivity contribution in [3.63, 3.8) is 0 Å². The van der Waals surface area contributed by atoms with Crippen molar-refractivity contribution in [2.24, 2.45) is 5.92 Å². The highest BCUT2D eigenvalue weighted by Gasteiger charge is 2.26. The zero-order chi connectivity index (χ0) is 17.2. The van der Waals surface area contributed by atoms with Gasteiger partial charge in [-0.25, -0.2) is 9.07 Å². The number of ether oxygens (including phenoxy) is 1. The zero-order valence-electron chi connectivity index (χ0n) is 14.1. The van der Waals surface area contributed by atoms with E-state index in [1.165, 1.54) is 12.1 Å². The predicted octanol–water partition coefficient (Wildman–Crippen LogP) is 2.66. The summed E-state index contributed by atoms with van der Waals surface area (Å²) in [6.07, 6.45) is 4.90. The summed E-state index contributed by atoms with van der Waals surface area (Å²) in [5.41, 5.74) is 3.42. The van der Waals surface area contributed by atoms with Crippen molar-refractivity contribution in [3.8, 4) is 5.69 Å². The summed E-state index contributed by atoms with van der Waals surface area (Å²) in [6, 6.07) is 6.25. The van der Waals surface area contributed by atoms with Gasteiger partial charge in [0.15, 0.2) is 5.69 Å². The van der Waals surface area contributed by atoms with Crippen LogP contribution in [0.3, 0.4) is 0 Å². The third-order valence-corrected chi connectivity index (χ3v) is 5.04. The molecule has 25 heavy (non-hydrogen) atoms. The van der Waals surface area contributed by atoms with E-state index in [0.29, 0.717) is 24.8 Å². The van der Waals surface area contributed by atoms with E-state index in [0.717, 1.165) is 55.7 Å². The molecule has 1 aromatic carbocycles. The fraction of sp³-hybridized carbons (Fsp3) is 0.474. The van der Waals surface area contributed by atoms with E-state index < -0.39 is 0 Å². The fourth-order valence-electron chi connectivity index (χ4n) is 3.64. The zero-order valence-corrected chi connectivity index (χ0v) is 14.1. The number of nitrogens with one attached hydrogen (secondary N) is 1. The van der Waals surface area contributed by atoms with E-state index in [9.17, 15) is 9.18 Å². The van der Waals surface area contributed by atoms with Crippen LogP contribution in [0.15, 0.2) is 24.3 Å². The van der Waals surface area contributed by atoms with Crippen LogP contribution in [-0.2, 0) is 17.6 Å². The Kier molecular flexibility index (Phi) is 4.53. The maximum Gasteiger partial charge on any atom is 0.272 e. The van der Waals surface area contributed by atoms with Crippen LogP contribution in [0.2, 0.25) is 0 Å². The molecular weight excluding hydrogens is 321 g/mol. The second kappa shape index (κ2) is 6.96. The molecule has 2 heterocycles. The Morgan fingerprint density at radius 2 is 2.08 bits per heavy atom. The molecule has 132 valence electrons. The SMILES string of the molecule is O=C(NC[C@H]1CCOC1)c1nn(-c2ccc(F)cc2)c2c1CCCC2. The number of hydrogen-bond acceptors (Lipinski definition) is 3. The summed E-state index contributed by atoms with van der Waals surface area (Å²) < 4.78 is 20.4. The van der Waals surface area contributed by atoms with Crippen molar-refractivity contribution in [3.05, 3.63) is 47.0 Å². The molecule has 5 nitrogen and oxygen atoms in total. The lowest BCUT2D eigenvalue weighted by Gasteiger charge is -2.14. The van der Waals surface area contributed by atoms with Crippen LogP contribution in [0.1, 0.15) is 41.0 Å². The molecular formula is C19H22FN3O2. The molecule has 6 heteroatoms. The minimum atomic E-state index is -0.276. The van der Waals surface area contributed by atoms with Crippen molar-refractivity contribution in [2.45, 2.75) is 32.1 Å². The average molecular weight is 343 g/mol. The van der Waals surface area contributed by atoms with Gasteiger partial charge in [0.1, 0.15) is 5.82 Å². The van der Waals surface area contributed by atoms with Crippen molar-refractivity contribution < 1.29 is 13.9 Å². The molecule has 0 radical (unpaired) electrons. The highest BCUT2D eigenvalue weighted by molar-refractivity contribution is 5.94. The largest absolute Gasteiger partial charge is 0.381 e. The normalized spacial score (nSPS) is 19.6. The van der Waals surface area contributed by atoms with Crippen molar-refractivity contribution in [2.75, 3.05) is 19.8 Å². The van der Waals surface area contributed by atoms with Gasteiger partial charge in [-0.1, -0.05) is 0 Å². The first-order chi connectivity index (χ1) is 12.2. The lowest BCUT2D eigenvalue weighted by molar-refractivity contribution is 0.0938. The second-order valence-electron chi connectivity index (χ2n) is 6.81. The van der Waals surface area contributed by atoms with Crippen molar-refractivity contribution >= 4 is 5.91 Å². The van der Waals surface area contributed by atoms with E-state index in [4.69, 9.17) is 4.74 Å². The van der Waals surface area contributed by atoms with Gasteiger partial charge < -0.3 is 10.1 Å². The first-order valence-electron chi connectivity index (χ1n) is 8.95. The lowest BCUT2D eigenvalue weighted by atomic mass is 9.95. The molecule has 4 rings (SSSR count). The Hall–Kier alpha value is -2.21. The number of rotatable bonds is 4. The van der Waals surface area contributed by atoms with Crippen molar-refractivity contribution in [1.29, 1.82) is 0 Å². The van der Waals surface area contributed by atoms with Crippen LogP contribution in [0, 0.1) is 11.7 Å². The maximum absolute atomic E-state index is 13.2. The number of carbonyl (C=O) groups excluding carboxylic acids is 1. The first-order valence-corrected chi connectivity index (χ1v) is 8.95. The van der Waals surface area contributed by atoms with Gasteiger partial charge in [0.2, 0.25) is 0 Å². The fourth-order valence-corrected chi connectivity index (χ4v) is 3.64. The van der Waals surface area contributed by atoms with Gasteiger partial charge in [-0.05, 0) is 56.4 Å². The van der Waals surface area contributed by atoms with Crippen LogP contribution < -0.4 is 5.32 Å². The Morgan fingerprint density at radius 1 is 1.28 bits per heavy atom. The quantitative estimate of drug-likeness (QED) is 0.929. The highest BCUT2D eigenvalue weighted by atomic mass is 19.1. The molecule has 0 bridgehead atoms. The van der Waals surface area contributed by atoms with Crippen LogP contribution in [-0.4, -0.2) is 35.4 Å². The van der Waals surface area contributed by atoms with E-state index in [1.807, 2.05) is 4.68 Å². The van der Waals surface area contributed by atoms with Gasteiger partial charge in [-0.2, -0.15) is 5.10 Å². The highest BCUT2D eigenvalue weighted by Crippen LogP contribution is 2.27. The minimum absolute atomic E-state index is 0.120. The molecule has 1 aromatic heterocycles. The summed E-state index contributed by atoms with van der Waals surface area (Å²) >= 11 is 0. The van der Waals surface area contributed by atoms with E-state index in [-0.39, 0.29) is 11.7 Å². The topological polar surface area (TPSA) is 56.1 Å². The summed E-state index contributed by atoms with van der Waals surface area (Å²) in [5.74, 6) is -0.00797. The molecule has 1 N–H and O–H groups in total. The Bertz CT molecular complexity index is 764. The van der Waals surface area contributed by atoms with Crippen LogP contribution in [0.4, 0.5) is 4.39 Å². The first kappa shape index (κ1) is 16.3. The molecule has 0 saturated carbocycles. The standard InChI is InChI=1S/C19H22FN3O2/c20-14-5-7-15(8-6-14)23-17-4-2-1-3-16(17)18(22-23)19(24)21-11-13-9-10-25-12-13/h5-8,13H,1-4,9-12H2,(H,21,24)/t13-/m1/s1. The molecule has 1 amide bonds. The summed E-state index contributed by atoms with van der Waals surface area (Å²) in [6.45, 7) is 2.11. The third kappa shape index (κ3) is 3.31. The summed E-state index contributed by atoms with van der Waals surface area (Å²) in [4.78, 5) is 12.7.